The first-order valence-corrected chi connectivity index (χ1v) is 9.88. The van der Waals surface area contributed by atoms with Crippen molar-refractivity contribution < 1.29 is 9.18 Å². The van der Waals surface area contributed by atoms with Crippen LogP contribution in [0.4, 0.5) is 15.2 Å². The molecule has 1 aliphatic carbocycles. The number of rotatable bonds is 6. The van der Waals surface area contributed by atoms with Gasteiger partial charge in [-0.3, -0.25) is 4.79 Å². The third-order valence-electron chi connectivity index (χ3n) is 4.25. The van der Waals surface area contributed by atoms with Gasteiger partial charge in [-0.25, -0.2) is 9.37 Å². The molecule has 0 unspecified atom stereocenters. The summed E-state index contributed by atoms with van der Waals surface area (Å²) < 4.78 is 13.2. The van der Waals surface area contributed by atoms with Crippen LogP contribution in [0.3, 0.4) is 0 Å². The van der Waals surface area contributed by atoms with Crippen molar-refractivity contribution in [3.8, 4) is 11.3 Å². The van der Waals surface area contributed by atoms with Gasteiger partial charge in [-0.05, 0) is 61.4 Å². The third-order valence-corrected chi connectivity index (χ3v) is 5.36. The molecule has 0 aliphatic heterocycles. The second-order valence-corrected chi connectivity index (χ2v) is 7.70. The molecule has 0 atom stereocenters. The summed E-state index contributed by atoms with van der Waals surface area (Å²) in [5.74, 6) is -0.320. The van der Waals surface area contributed by atoms with Crippen LogP contribution in [-0.2, 0) is 4.79 Å². The Balaban J connectivity index is 1.62. The van der Waals surface area contributed by atoms with E-state index in [-0.39, 0.29) is 18.3 Å². The highest BCUT2D eigenvalue weighted by atomic mass is 35.5. The molecule has 0 bridgehead atoms. The highest BCUT2D eigenvalue weighted by Gasteiger charge is 2.25. The number of nitrogens with one attached hydrogen (secondary N) is 1. The van der Waals surface area contributed by atoms with Crippen molar-refractivity contribution in [1.82, 2.24) is 10.3 Å². The maximum absolute atomic E-state index is 13.2. The van der Waals surface area contributed by atoms with Crippen LogP contribution >= 0.6 is 22.9 Å². The zero-order valence-corrected chi connectivity index (χ0v) is 15.9. The van der Waals surface area contributed by atoms with Gasteiger partial charge in [0.2, 0.25) is 5.91 Å². The van der Waals surface area contributed by atoms with Crippen LogP contribution in [0, 0.1) is 5.82 Å². The standard InChI is InChI=1S/C20H17ClFN3OS/c21-14-3-9-17(10-4-14)25(11-19(26)23-16-7-8-16)20-24-18(12-27-20)13-1-5-15(22)6-2-13/h1-6,9-10,12,16H,7-8,11H2,(H,23,26). The van der Waals surface area contributed by atoms with Gasteiger partial charge in [0.15, 0.2) is 5.13 Å². The summed E-state index contributed by atoms with van der Waals surface area (Å²) >= 11 is 7.44. The van der Waals surface area contributed by atoms with Crippen molar-refractivity contribution in [2.45, 2.75) is 18.9 Å². The summed E-state index contributed by atoms with van der Waals surface area (Å²) in [5, 5.41) is 6.24. The Morgan fingerprint density at radius 1 is 1.19 bits per heavy atom. The van der Waals surface area contributed by atoms with Crippen LogP contribution < -0.4 is 10.2 Å². The topological polar surface area (TPSA) is 45.2 Å². The number of anilines is 2. The molecule has 138 valence electrons. The summed E-state index contributed by atoms with van der Waals surface area (Å²) in [6.45, 7) is 0.175. The number of thiazole rings is 1. The van der Waals surface area contributed by atoms with Crippen molar-refractivity contribution in [3.63, 3.8) is 0 Å². The third kappa shape index (κ3) is 4.46. The van der Waals surface area contributed by atoms with Crippen LogP contribution in [0.2, 0.25) is 5.02 Å². The molecule has 1 saturated carbocycles. The fourth-order valence-corrected chi connectivity index (χ4v) is 3.66. The van der Waals surface area contributed by atoms with Crippen LogP contribution in [0.5, 0.6) is 0 Å². The zero-order chi connectivity index (χ0) is 18.8. The Labute approximate surface area is 165 Å². The largest absolute Gasteiger partial charge is 0.352 e. The predicted octanol–water partition coefficient (Wildman–Crippen LogP) is 5.02. The number of carbonyl (C=O) groups excluding carboxylic acids is 1. The molecule has 1 aromatic heterocycles. The minimum atomic E-state index is -0.284. The monoisotopic (exact) mass is 401 g/mol. The Bertz CT molecular complexity index is 939. The highest BCUT2D eigenvalue weighted by molar-refractivity contribution is 7.14. The number of benzene rings is 2. The number of carbonyl (C=O) groups is 1. The van der Waals surface area contributed by atoms with Gasteiger partial charge in [-0.15, -0.1) is 11.3 Å². The van der Waals surface area contributed by atoms with Crippen molar-refractivity contribution in [3.05, 3.63) is 64.8 Å². The Hall–Kier alpha value is -2.44. The number of amides is 1. The van der Waals surface area contributed by atoms with Crippen LogP contribution in [-0.4, -0.2) is 23.5 Å². The lowest BCUT2D eigenvalue weighted by atomic mass is 10.2. The first kappa shape index (κ1) is 17.9. The molecule has 1 N–H and O–H groups in total. The maximum atomic E-state index is 13.2. The second kappa shape index (κ2) is 7.66. The van der Waals surface area contributed by atoms with E-state index in [4.69, 9.17) is 11.6 Å². The highest BCUT2D eigenvalue weighted by Crippen LogP contribution is 2.32. The lowest BCUT2D eigenvalue weighted by molar-refractivity contribution is -0.119. The predicted molar refractivity (Wildman–Crippen MR) is 107 cm³/mol. The van der Waals surface area contributed by atoms with Crippen LogP contribution in [0.15, 0.2) is 53.9 Å². The average Bonchev–Trinajstić information content (AvgIpc) is 3.34. The average molecular weight is 402 g/mol. The normalized spacial score (nSPS) is 13.4. The van der Waals surface area contributed by atoms with Crippen LogP contribution in [0.1, 0.15) is 12.8 Å². The molecule has 1 aliphatic rings. The molecule has 0 radical (unpaired) electrons. The number of nitrogens with zero attached hydrogens (tertiary/aromatic N) is 2. The van der Waals surface area contributed by atoms with Crippen molar-refractivity contribution in [2.24, 2.45) is 0 Å². The zero-order valence-electron chi connectivity index (χ0n) is 14.4. The van der Waals surface area contributed by atoms with Gasteiger partial charge >= 0.3 is 0 Å². The molecule has 1 heterocycles. The lowest BCUT2D eigenvalue weighted by Crippen LogP contribution is -2.36. The van der Waals surface area contributed by atoms with E-state index in [1.807, 2.05) is 22.4 Å². The molecule has 2 aromatic carbocycles. The van der Waals surface area contributed by atoms with Crippen molar-refractivity contribution in [2.75, 3.05) is 11.4 Å². The van der Waals surface area contributed by atoms with E-state index in [1.54, 1.807) is 24.3 Å². The second-order valence-electron chi connectivity index (χ2n) is 6.43. The van der Waals surface area contributed by atoms with Crippen molar-refractivity contribution >= 4 is 39.7 Å². The minimum absolute atomic E-state index is 0.0361. The lowest BCUT2D eigenvalue weighted by Gasteiger charge is -2.21. The maximum Gasteiger partial charge on any atom is 0.240 e. The number of halogens is 2. The quantitative estimate of drug-likeness (QED) is 0.630. The van der Waals surface area contributed by atoms with E-state index >= 15 is 0 Å². The number of aromatic nitrogens is 1. The fourth-order valence-electron chi connectivity index (χ4n) is 2.68. The van der Waals surface area contributed by atoms with Gasteiger partial charge in [0.1, 0.15) is 12.4 Å². The molecule has 4 rings (SSSR count). The van der Waals surface area contributed by atoms with E-state index in [1.165, 1.54) is 23.5 Å². The summed E-state index contributed by atoms with van der Waals surface area (Å²) in [7, 11) is 0. The summed E-state index contributed by atoms with van der Waals surface area (Å²) in [4.78, 5) is 18.9. The van der Waals surface area contributed by atoms with E-state index in [0.29, 0.717) is 16.2 Å². The fraction of sp³-hybridized carbons (Fsp3) is 0.200. The molecule has 0 spiro atoms. The summed E-state index contributed by atoms with van der Waals surface area (Å²) in [5.41, 5.74) is 2.42. The van der Waals surface area contributed by atoms with E-state index < -0.39 is 0 Å². The van der Waals surface area contributed by atoms with Gasteiger partial charge in [0.05, 0.1) is 5.69 Å². The molecule has 0 saturated heterocycles. The molecule has 27 heavy (non-hydrogen) atoms. The summed E-state index contributed by atoms with van der Waals surface area (Å²) in [6, 6.07) is 13.8. The smallest absolute Gasteiger partial charge is 0.240 e. The van der Waals surface area contributed by atoms with Gasteiger partial charge in [-0.1, -0.05) is 11.6 Å². The van der Waals surface area contributed by atoms with Gasteiger partial charge in [-0.2, -0.15) is 0 Å². The minimum Gasteiger partial charge on any atom is -0.352 e. The number of hydrogen-bond acceptors (Lipinski definition) is 4. The molecular formula is C20H17ClFN3OS. The molecule has 1 amide bonds. The Morgan fingerprint density at radius 3 is 2.56 bits per heavy atom. The van der Waals surface area contributed by atoms with E-state index in [2.05, 4.69) is 10.3 Å². The first-order valence-electron chi connectivity index (χ1n) is 8.62. The molecule has 7 heteroatoms. The molecule has 3 aromatic rings. The molecule has 4 nitrogen and oxygen atoms in total. The van der Waals surface area contributed by atoms with Crippen molar-refractivity contribution in [1.29, 1.82) is 0 Å². The number of hydrogen-bond donors (Lipinski definition) is 1. The van der Waals surface area contributed by atoms with Gasteiger partial charge < -0.3 is 10.2 Å². The summed E-state index contributed by atoms with van der Waals surface area (Å²) in [6.07, 6.45) is 2.08. The van der Waals surface area contributed by atoms with Crippen LogP contribution in [0.25, 0.3) is 11.3 Å². The Kier molecular flexibility index (Phi) is 5.09. The molecule has 1 fully saturated rings. The Morgan fingerprint density at radius 2 is 1.89 bits per heavy atom. The molecular weight excluding hydrogens is 385 g/mol. The van der Waals surface area contributed by atoms with E-state index in [0.717, 1.165) is 29.8 Å². The SMILES string of the molecule is O=C(CN(c1ccc(Cl)cc1)c1nc(-c2ccc(F)cc2)cs1)NC1CC1. The van der Waals surface area contributed by atoms with E-state index in [9.17, 15) is 9.18 Å². The van der Waals surface area contributed by atoms with Gasteiger partial charge in [0, 0.05) is 27.7 Å². The van der Waals surface area contributed by atoms with Gasteiger partial charge in [0.25, 0.3) is 0 Å². The first-order chi connectivity index (χ1) is 13.1.